The van der Waals surface area contributed by atoms with E-state index in [2.05, 4.69) is 0 Å². The summed E-state index contributed by atoms with van der Waals surface area (Å²) >= 11 is 0. The molecule has 10 nitrogen and oxygen atoms in total. The number of carbonyl (C=O) groups is 4. The van der Waals surface area contributed by atoms with Crippen LogP contribution in [0.5, 0.6) is 0 Å². The number of allylic oxidation sites excluding steroid dienone is 2. The number of carbonyl (C=O) groups excluding carboxylic acids is 4. The molecule has 5 saturated heterocycles. The number of ether oxygens (including phenoxy) is 4. The molecule has 5 bridgehead atoms. The van der Waals surface area contributed by atoms with Crippen molar-refractivity contribution in [3.63, 3.8) is 0 Å². The molecule has 7 fully saturated rings. The fraction of sp³-hybridized carbons (Fsp3) is 0.786. The normalized spacial score (nSPS) is 61.3. The standard InChI is InChI=1S/C28H32O10/c1-23-10-18-25(3)28-19(23)20(31)27(38-28,35-11-15(23)21(32)36-18)14-9-16(29)13-5-4-6-17(30)24(13,2)12(14)7-8-26(28,34)22(33)37-25/h4,6,12-16,18-19,29,34H,5,7-11H2,1-3H3/t12?,13?,14?,15-,16?,18+,19?,23+,24+,25-,26?,27+,28-/m0/s1. The Morgan fingerprint density at radius 3 is 2.58 bits per heavy atom. The molecule has 0 amide bonds. The van der Waals surface area contributed by atoms with Gasteiger partial charge in [-0.3, -0.25) is 14.4 Å². The third-order valence-corrected chi connectivity index (χ3v) is 12.5. The third-order valence-electron chi connectivity index (χ3n) is 12.5. The van der Waals surface area contributed by atoms with Gasteiger partial charge >= 0.3 is 11.9 Å². The van der Waals surface area contributed by atoms with Crippen LogP contribution in [0.4, 0.5) is 0 Å². The molecule has 10 heteroatoms. The van der Waals surface area contributed by atoms with Crippen molar-refractivity contribution in [3.05, 3.63) is 12.2 Å². The van der Waals surface area contributed by atoms with Crippen LogP contribution >= 0.6 is 0 Å². The molecule has 2 N–H and O–H groups in total. The van der Waals surface area contributed by atoms with Crippen molar-refractivity contribution in [1.82, 2.24) is 0 Å². The van der Waals surface area contributed by atoms with Crippen LogP contribution in [0.25, 0.3) is 0 Å². The maximum absolute atomic E-state index is 14.9. The molecule has 13 atom stereocenters. The van der Waals surface area contributed by atoms with Crippen LogP contribution in [-0.4, -0.2) is 75.1 Å². The topological polar surface area (TPSA) is 146 Å². The van der Waals surface area contributed by atoms with Crippen molar-refractivity contribution >= 4 is 23.5 Å². The lowest BCUT2D eigenvalue weighted by Gasteiger charge is -2.63. The predicted molar refractivity (Wildman–Crippen MR) is 124 cm³/mol. The highest BCUT2D eigenvalue weighted by Crippen LogP contribution is 2.75. The number of Topliss-reactive ketones (excluding diaryl/α,β-unsaturated/α-hetero) is 1. The Bertz CT molecular complexity index is 1280. The van der Waals surface area contributed by atoms with Crippen molar-refractivity contribution in [2.45, 2.75) is 87.7 Å². The van der Waals surface area contributed by atoms with Crippen LogP contribution in [-0.2, 0) is 38.1 Å². The Morgan fingerprint density at radius 1 is 1.05 bits per heavy atom. The predicted octanol–water partition coefficient (Wildman–Crippen LogP) is 0.608. The molecule has 8 aliphatic rings. The molecular weight excluding hydrogens is 496 g/mol. The molecule has 204 valence electrons. The van der Waals surface area contributed by atoms with Gasteiger partial charge in [0, 0.05) is 17.3 Å². The molecule has 2 saturated carbocycles. The molecule has 0 aromatic rings. The summed E-state index contributed by atoms with van der Waals surface area (Å²) in [6.07, 6.45) is 2.52. The van der Waals surface area contributed by atoms with Crippen molar-refractivity contribution in [3.8, 4) is 0 Å². The fourth-order valence-corrected chi connectivity index (χ4v) is 10.6. The van der Waals surface area contributed by atoms with Gasteiger partial charge in [0.25, 0.3) is 0 Å². The Balaban J connectivity index is 1.42. The SMILES string of the molecule is C[C@]12C(=O)C=CCC1C(O)CC1C2CCC2(O)C(=O)O[C@@]3(C)[C@H]4C[C@@]5(C)C6C(=O)[C@]1(OC[C@H]5C(=O)O4)O[C@]623. The summed E-state index contributed by atoms with van der Waals surface area (Å²) in [5.41, 5.74) is -7.78. The molecule has 8 rings (SSSR count). The minimum absolute atomic E-state index is 0.0980. The highest BCUT2D eigenvalue weighted by molar-refractivity contribution is 6.00. The summed E-state index contributed by atoms with van der Waals surface area (Å²) in [6.45, 7) is 5.08. The van der Waals surface area contributed by atoms with Crippen LogP contribution in [0.15, 0.2) is 12.2 Å². The van der Waals surface area contributed by atoms with Crippen LogP contribution in [0.3, 0.4) is 0 Å². The number of aliphatic hydroxyl groups excluding tert-OH is 1. The summed E-state index contributed by atoms with van der Waals surface area (Å²) in [4.78, 5) is 55.4. The van der Waals surface area contributed by atoms with Gasteiger partial charge in [-0.1, -0.05) is 19.9 Å². The lowest BCUT2D eigenvalue weighted by Crippen LogP contribution is -2.79. The van der Waals surface area contributed by atoms with Gasteiger partial charge in [0.2, 0.25) is 5.79 Å². The molecule has 0 aromatic heterocycles. The van der Waals surface area contributed by atoms with E-state index in [-0.39, 0.29) is 44.0 Å². The first-order chi connectivity index (χ1) is 17.8. The molecule has 5 heterocycles. The number of hydrogen-bond donors (Lipinski definition) is 2. The molecule has 0 radical (unpaired) electrons. The molecule has 0 aromatic carbocycles. The van der Waals surface area contributed by atoms with Crippen molar-refractivity contribution in [2.24, 2.45) is 40.4 Å². The van der Waals surface area contributed by atoms with Gasteiger partial charge in [-0.05, 0) is 56.4 Å². The number of esters is 2. The first-order valence-electron chi connectivity index (χ1n) is 13.7. The van der Waals surface area contributed by atoms with E-state index in [0.29, 0.717) is 6.42 Å². The number of hydrogen-bond acceptors (Lipinski definition) is 10. The van der Waals surface area contributed by atoms with Gasteiger partial charge in [-0.2, -0.15) is 0 Å². The van der Waals surface area contributed by atoms with E-state index in [9.17, 15) is 29.4 Å². The zero-order chi connectivity index (χ0) is 26.8. The molecule has 6 unspecified atom stereocenters. The highest BCUT2D eigenvalue weighted by Gasteiger charge is 2.93. The van der Waals surface area contributed by atoms with Gasteiger partial charge < -0.3 is 29.2 Å². The first kappa shape index (κ1) is 23.7. The van der Waals surface area contributed by atoms with Crippen LogP contribution in [0.2, 0.25) is 0 Å². The Labute approximate surface area is 219 Å². The molecule has 3 aliphatic carbocycles. The lowest BCUT2D eigenvalue weighted by atomic mass is 9.46. The first-order valence-corrected chi connectivity index (χ1v) is 13.7. The monoisotopic (exact) mass is 528 g/mol. The van der Waals surface area contributed by atoms with E-state index in [4.69, 9.17) is 18.9 Å². The van der Waals surface area contributed by atoms with E-state index in [1.54, 1.807) is 13.0 Å². The van der Waals surface area contributed by atoms with E-state index in [1.165, 1.54) is 6.08 Å². The van der Waals surface area contributed by atoms with E-state index in [0.717, 1.165) is 0 Å². The quantitative estimate of drug-likeness (QED) is 0.429. The maximum atomic E-state index is 14.9. The lowest BCUT2D eigenvalue weighted by molar-refractivity contribution is -0.378. The Kier molecular flexibility index (Phi) is 4.01. The molecular formula is C28H32O10. The van der Waals surface area contributed by atoms with Crippen LogP contribution in [0.1, 0.15) is 52.9 Å². The van der Waals surface area contributed by atoms with Crippen molar-refractivity contribution in [1.29, 1.82) is 0 Å². The summed E-state index contributed by atoms with van der Waals surface area (Å²) in [5.74, 6) is -7.56. The van der Waals surface area contributed by atoms with Crippen LogP contribution < -0.4 is 0 Å². The van der Waals surface area contributed by atoms with Gasteiger partial charge in [-0.15, -0.1) is 0 Å². The number of aliphatic hydroxyl groups is 2. The smallest absolute Gasteiger partial charge is 0.342 e. The zero-order valence-corrected chi connectivity index (χ0v) is 21.6. The fourth-order valence-electron chi connectivity index (χ4n) is 10.6. The van der Waals surface area contributed by atoms with E-state index < -0.39 is 87.0 Å². The zero-order valence-electron chi connectivity index (χ0n) is 21.6. The van der Waals surface area contributed by atoms with Gasteiger partial charge in [0.05, 0.1) is 24.5 Å². The number of ketones is 2. The minimum atomic E-state index is -2.22. The van der Waals surface area contributed by atoms with Gasteiger partial charge in [0.15, 0.2) is 28.4 Å². The molecule has 5 aliphatic heterocycles. The average Bonchev–Trinajstić information content (AvgIpc) is 3.17. The molecule has 38 heavy (non-hydrogen) atoms. The van der Waals surface area contributed by atoms with Crippen molar-refractivity contribution in [2.75, 3.05) is 6.61 Å². The van der Waals surface area contributed by atoms with E-state index in [1.807, 2.05) is 13.8 Å². The second-order valence-corrected chi connectivity index (χ2v) is 13.6. The summed E-state index contributed by atoms with van der Waals surface area (Å²) in [6, 6.07) is 0. The highest BCUT2D eigenvalue weighted by atomic mass is 16.8. The number of fused-ring (bicyclic) bond motifs is 5. The third kappa shape index (κ3) is 2.04. The minimum Gasteiger partial charge on any atom is -0.458 e. The maximum Gasteiger partial charge on any atom is 0.342 e. The van der Waals surface area contributed by atoms with Crippen molar-refractivity contribution < 1.29 is 48.3 Å². The second kappa shape index (κ2) is 6.43. The van der Waals surface area contributed by atoms with Gasteiger partial charge in [0.1, 0.15) is 6.10 Å². The van der Waals surface area contributed by atoms with Gasteiger partial charge in [-0.25, -0.2) is 4.79 Å². The largest absolute Gasteiger partial charge is 0.458 e. The molecule has 2 spiro atoms. The number of rotatable bonds is 0. The summed E-state index contributed by atoms with van der Waals surface area (Å²) < 4.78 is 25.0. The Morgan fingerprint density at radius 2 is 1.82 bits per heavy atom. The van der Waals surface area contributed by atoms with E-state index >= 15 is 0 Å². The average molecular weight is 529 g/mol. The summed E-state index contributed by atoms with van der Waals surface area (Å²) in [7, 11) is 0. The Hall–Kier alpha value is -2.14. The van der Waals surface area contributed by atoms with Crippen LogP contribution in [0, 0.1) is 40.4 Å². The summed E-state index contributed by atoms with van der Waals surface area (Å²) in [5, 5.41) is 23.8. The second-order valence-electron chi connectivity index (χ2n) is 13.6.